The van der Waals surface area contributed by atoms with Gasteiger partial charge in [-0.2, -0.15) is 0 Å². The van der Waals surface area contributed by atoms with E-state index in [4.69, 9.17) is 0 Å². The Hall–Kier alpha value is -2.32. The van der Waals surface area contributed by atoms with Gasteiger partial charge < -0.3 is 10.3 Å². The van der Waals surface area contributed by atoms with E-state index < -0.39 is 0 Å². The molecule has 1 aliphatic rings. The van der Waals surface area contributed by atoms with Gasteiger partial charge >= 0.3 is 0 Å². The molecule has 0 fully saturated rings. The first kappa shape index (κ1) is 12.4. The third-order valence-corrected chi connectivity index (χ3v) is 4.16. The van der Waals surface area contributed by atoms with E-state index in [0.717, 1.165) is 19.5 Å². The van der Waals surface area contributed by atoms with Gasteiger partial charge in [-0.1, -0.05) is 42.5 Å². The summed E-state index contributed by atoms with van der Waals surface area (Å²) in [5.41, 5.74) is 6.47. The summed E-state index contributed by atoms with van der Waals surface area (Å²) in [6.45, 7) is 2.05. The van der Waals surface area contributed by atoms with Gasteiger partial charge in [0.1, 0.15) is 0 Å². The van der Waals surface area contributed by atoms with Crippen molar-refractivity contribution >= 4 is 16.5 Å². The van der Waals surface area contributed by atoms with Gasteiger partial charge in [-0.15, -0.1) is 0 Å². The highest BCUT2D eigenvalue weighted by molar-refractivity contribution is 5.95. The van der Waals surface area contributed by atoms with Crippen molar-refractivity contribution < 1.29 is 0 Å². The number of rotatable bonds is 2. The maximum absolute atomic E-state index is 3.45. The van der Waals surface area contributed by atoms with Crippen molar-refractivity contribution in [3.8, 4) is 11.1 Å². The number of H-pyrrole nitrogens is 1. The van der Waals surface area contributed by atoms with Gasteiger partial charge in [0.15, 0.2) is 0 Å². The lowest BCUT2D eigenvalue weighted by molar-refractivity contribution is 0.739. The van der Waals surface area contributed by atoms with Gasteiger partial charge in [0.2, 0.25) is 0 Å². The number of fused-ring (bicyclic) bond motifs is 1. The van der Waals surface area contributed by atoms with Crippen LogP contribution < -0.4 is 5.32 Å². The van der Waals surface area contributed by atoms with Crippen LogP contribution in [-0.2, 0) is 0 Å². The van der Waals surface area contributed by atoms with Crippen molar-refractivity contribution in [3.05, 3.63) is 66.4 Å². The maximum Gasteiger partial charge on any atom is 0.0460 e. The average Bonchev–Trinajstić information content (AvgIpc) is 2.99. The first-order valence-corrected chi connectivity index (χ1v) is 7.48. The minimum Gasteiger partial charge on any atom is -0.361 e. The van der Waals surface area contributed by atoms with Crippen LogP contribution in [0.4, 0.5) is 0 Å². The SMILES string of the molecule is C1=C(c2c[nH]c3ccc(-c4ccccc4)cc23)CNCC1. The van der Waals surface area contributed by atoms with E-state index in [1.807, 2.05) is 0 Å². The van der Waals surface area contributed by atoms with E-state index in [9.17, 15) is 0 Å². The second kappa shape index (κ2) is 5.23. The molecule has 104 valence electrons. The quantitative estimate of drug-likeness (QED) is 0.719. The van der Waals surface area contributed by atoms with Crippen molar-refractivity contribution in [1.82, 2.24) is 10.3 Å². The highest BCUT2D eigenvalue weighted by Gasteiger charge is 2.11. The van der Waals surface area contributed by atoms with Crippen LogP contribution in [0.25, 0.3) is 27.6 Å². The summed E-state index contributed by atoms with van der Waals surface area (Å²) in [6.07, 6.45) is 5.60. The summed E-state index contributed by atoms with van der Waals surface area (Å²) >= 11 is 0. The molecule has 1 aromatic heterocycles. The predicted octanol–water partition coefficient (Wildman–Crippen LogP) is 4.21. The van der Waals surface area contributed by atoms with E-state index in [0.29, 0.717) is 0 Å². The Labute approximate surface area is 124 Å². The molecule has 0 atom stereocenters. The van der Waals surface area contributed by atoms with Crippen molar-refractivity contribution in [2.24, 2.45) is 0 Å². The lowest BCUT2D eigenvalue weighted by atomic mass is 9.98. The van der Waals surface area contributed by atoms with Crippen molar-refractivity contribution in [2.45, 2.75) is 6.42 Å². The first-order valence-electron chi connectivity index (χ1n) is 7.48. The third-order valence-electron chi connectivity index (χ3n) is 4.16. The summed E-state index contributed by atoms with van der Waals surface area (Å²) < 4.78 is 0. The van der Waals surface area contributed by atoms with Gasteiger partial charge in [0.25, 0.3) is 0 Å². The van der Waals surface area contributed by atoms with Gasteiger partial charge in [-0.3, -0.25) is 0 Å². The molecule has 2 heterocycles. The van der Waals surface area contributed by atoms with E-state index in [1.54, 1.807) is 0 Å². The molecule has 3 aromatic rings. The molecule has 2 heteroatoms. The largest absolute Gasteiger partial charge is 0.361 e. The normalized spacial score (nSPS) is 15.1. The number of hydrogen-bond acceptors (Lipinski definition) is 1. The first-order chi connectivity index (χ1) is 10.4. The second-order valence-corrected chi connectivity index (χ2v) is 5.52. The number of aromatic nitrogens is 1. The molecular weight excluding hydrogens is 256 g/mol. The van der Waals surface area contributed by atoms with Crippen LogP contribution in [0.1, 0.15) is 12.0 Å². The molecule has 0 aliphatic carbocycles. The zero-order valence-corrected chi connectivity index (χ0v) is 11.9. The minimum atomic E-state index is 0.961. The van der Waals surface area contributed by atoms with E-state index in [-0.39, 0.29) is 0 Å². The fraction of sp³-hybridized carbons (Fsp3) is 0.158. The van der Waals surface area contributed by atoms with E-state index >= 15 is 0 Å². The maximum atomic E-state index is 3.45. The summed E-state index contributed by atoms with van der Waals surface area (Å²) in [7, 11) is 0. The fourth-order valence-corrected chi connectivity index (χ4v) is 3.05. The second-order valence-electron chi connectivity index (χ2n) is 5.52. The Kier molecular flexibility index (Phi) is 3.09. The monoisotopic (exact) mass is 274 g/mol. The molecule has 2 nitrogen and oxygen atoms in total. The standard InChI is InChI=1S/C19H18N2/c1-2-5-14(6-3-1)15-8-9-19-17(11-15)18(13-21-19)16-7-4-10-20-12-16/h1-3,5-9,11,13,20-21H,4,10,12H2. The van der Waals surface area contributed by atoms with Gasteiger partial charge in [0.05, 0.1) is 0 Å². The Balaban J connectivity index is 1.85. The van der Waals surface area contributed by atoms with Crippen LogP contribution >= 0.6 is 0 Å². The van der Waals surface area contributed by atoms with E-state index in [2.05, 4.69) is 71.1 Å². The summed E-state index contributed by atoms with van der Waals surface area (Å²) in [6, 6.07) is 17.2. The summed E-state index contributed by atoms with van der Waals surface area (Å²) in [5, 5.41) is 4.76. The lowest BCUT2D eigenvalue weighted by Crippen LogP contribution is -2.21. The number of nitrogens with one attached hydrogen (secondary N) is 2. The Bertz CT molecular complexity index is 797. The molecule has 0 bridgehead atoms. The Morgan fingerprint density at radius 3 is 2.62 bits per heavy atom. The van der Waals surface area contributed by atoms with Crippen LogP contribution in [0, 0.1) is 0 Å². The topological polar surface area (TPSA) is 27.8 Å². The van der Waals surface area contributed by atoms with Crippen LogP contribution in [0.15, 0.2) is 60.8 Å². The third kappa shape index (κ3) is 2.28. The minimum absolute atomic E-state index is 0.961. The van der Waals surface area contributed by atoms with Crippen LogP contribution in [-0.4, -0.2) is 18.1 Å². The smallest absolute Gasteiger partial charge is 0.0460 e. The molecular formula is C19H18N2. The molecule has 1 aliphatic heterocycles. The summed E-state index contributed by atoms with van der Waals surface area (Å²) in [4.78, 5) is 3.40. The molecule has 4 rings (SSSR count). The molecule has 0 saturated heterocycles. The van der Waals surface area contributed by atoms with E-state index in [1.165, 1.54) is 33.2 Å². The molecule has 0 spiro atoms. The van der Waals surface area contributed by atoms with Crippen LogP contribution in [0.3, 0.4) is 0 Å². The molecule has 0 saturated carbocycles. The Morgan fingerprint density at radius 2 is 1.81 bits per heavy atom. The molecule has 0 amide bonds. The molecule has 21 heavy (non-hydrogen) atoms. The average molecular weight is 274 g/mol. The molecule has 2 N–H and O–H groups in total. The number of hydrogen-bond donors (Lipinski definition) is 2. The van der Waals surface area contributed by atoms with Crippen LogP contribution in [0.5, 0.6) is 0 Å². The molecule has 0 radical (unpaired) electrons. The zero-order valence-electron chi connectivity index (χ0n) is 11.9. The van der Waals surface area contributed by atoms with Gasteiger partial charge in [0, 0.05) is 29.2 Å². The van der Waals surface area contributed by atoms with Crippen LogP contribution in [0.2, 0.25) is 0 Å². The van der Waals surface area contributed by atoms with Crippen molar-refractivity contribution in [3.63, 3.8) is 0 Å². The fourth-order valence-electron chi connectivity index (χ4n) is 3.05. The molecule has 0 unspecified atom stereocenters. The lowest BCUT2D eigenvalue weighted by Gasteiger charge is -2.13. The zero-order chi connectivity index (χ0) is 14.1. The molecule has 2 aromatic carbocycles. The number of benzene rings is 2. The number of aromatic amines is 1. The predicted molar refractivity (Wildman–Crippen MR) is 89.2 cm³/mol. The highest BCUT2D eigenvalue weighted by Crippen LogP contribution is 2.30. The van der Waals surface area contributed by atoms with Crippen molar-refractivity contribution in [1.29, 1.82) is 0 Å². The van der Waals surface area contributed by atoms with Gasteiger partial charge in [-0.25, -0.2) is 0 Å². The summed E-state index contributed by atoms with van der Waals surface area (Å²) in [5.74, 6) is 0. The van der Waals surface area contributed by atoms with Gasteiger partial charge in [-0.05, 0) is 41.8 Å². The van der Waals surface area contributed by atoms with Crippen molar-refractivity contribution in [2.75, 3.05) is 13.1 Å². The Morgan fingerprint density at radius 1 is 0.905 bits per heavy atom. The highest BCUT2D eigenvalue weighted by atomic mass is 14.9.